The normalized spacial score (nSPS) is 9.26. The zero-order valence-electron chi connectivity index (χ0n) is 13.3. The molecule has 23 heavy (non-hydrogen) atoms. The predicted octanol–water partition coefficient (Wildman–Crippen LogP) is 0.667. The zero-order chi connectivity index (χ0) is 18.1. The Balaban J connectivity index is 0. The van der Waals surface area contributed by atoms with Crippen molar-refractivity contribution in [3.05, 3.63) is 0 Å². The fourth-order valence-electron chi connectivity index (χ4n) is 1.00. The van der Waals surface area contributed by atoms with Gasteiger partial charge in [0.25, 0.3) is 0 Å². The van der Waals surface area contributed by atoms with Crippen LogP contribution in [0.5, 0.6) is 0 Å². The molecular formula is C12H22O6S5. The van der Waals surface area contributed by atoms with E-state index < -0.39 is 0 Å². The Hall–Kier alpha value is -0.230. The highest BCUT2D eigenvalue weighted by Crippen LogP contribution is 1.96. The lowest BCUT2D eigenvalue weighted by atomic mass is 10.5. The summed E-state index contributed by atoms with van der Waals surface area (Å²) in [5.41, 5.74) is 0. The maximum Gasteiger partial charge on any atom is 0.306 e. The maximum atomic E-state index is 11.0. The summed E-state index contributed by atoms with van der Waals surface area (Å²) < 4.78 is 13.4. The lowest BCUT2D eigenvalue weighted by Crippen LogP contribution is -2.12. The molecule has 0 N–H and O–H groups in total. The van der Waals surface area contributed by atoms with Crippen LogP contribution < -0.4 is 0 Å². The first-order chi connectivity index (χ1) is 10.9. The number of hydrogen-bond acceptors (Lipinski definition) is 8. The zero-order valence-corrected chi connectivity index (χ0v) is 17.4. The lowest BCUT2D eigenvalue weighted by Gasteiger charge is -2.04. The second kappa shape index (κ2) is 18.1. The van der Waals surface area contributed by atoms with Gasteiger partial charge in [-0.2, -0.15) is 12.6 Å². The Morgan fingerprint density at radius 1 is 0.913 bits per heavy atom. The molecule has 0 unspecified atom stereocenters. The first-order valence-electron chi connectivity index (χ1n) is 6.40. The van der Waals surface area contributed by atoms with Gasteiger partial charge in [-0.3, -0.25) is 14.4 Å². The number of ether oxygens (including phenoxy) is 3. The lowest BCUT2D eigenvalue weighted by molar-refractivity contribution is -0.141. The van der Waals surface area contributed by atoms with Gasteiger partial charge in [0.1, 0.15) is 0 Å². The van der Waals surface area contributed by atoms with E-state index in [-0.39, 0.29) is 27.4 Å². The highest BCUT2D eigenvalue weighted by atomic mass is 33.2. The summed E-state index contributed by atoms with van der Waals surface area (Å²) in [4.78, 5) is 32.1. The molecular weight excluding hydrogens is 400 g/mol. The largest absolute Gasteiger partial charge is 0.469 e. The number of esters is 3. The molecule has 136 valence electrons. The monoisotopic (exact) mass is 422 g/mol. The Labute approximate surface area is 155 Å². The number of carbonyl (C=O) groups is 3. The first kappa shape index (κ1) is 25.0. The highest BCUT2D eigenvalue weighted by molar-refractivity contribution is 8.58. The molecule has 11 heteroatoms. The second-order valence-electron chi connectivity index (χ2n) is 3.69. The Bertz CT molecular complexity index is 447. The topological polar surface area (TPSA) is 78.9 Å². The molecule has 0 fully saturated rings. The van der Waals surface area contributed by atoms with Gasteiger partial charge in [-0.05, 0) is 28.9 Å². The van der Waals surface area contributed by atoms with Crippen LogP contribution in [-0.4, -0.2) is 56.5 Å². The average molecular weight is 423 g/mol. The van der Waals surface area contributed by atoms with E-state index in [1.165, 1.54) is 39.1 Å². The molecule has 0 heterocycles. The first-order valence-corrected chi connectivity index (χ1v) is 12.2. The summed E-state index contributed by atoms with van der Waals surface area (Å²) in [6.07, 6.45) is 1.13. The molecule has 0 saturated heterocycles. The van der Waals surface area contributed by atoms with Gasteiger partial charge in [-0.15, -0.1) is 9.45 Å². The molecule has 0 aromatic rings. The molecule has 0 radical (unpaired) electrons. The van der Waals surface area contributed by atoms with E-state index in [4.69, 9.17) is 11.2 Å². The number of thiol groups is 1. The maximum absolute atomic E-state index is 11.0. The van der Waals surface area contributed by atoms with Crippen LogP contribution in [0.4, 0.5) is 0 Å². The fraction of sp³-hybridized carbons (Fsp3) is 0.750. The van der Waals surface area contributed by atoms with Gasteiger partial charge in [-0.1, -0.05) is 0 Å². The van der Waals surface area contributed by atoms with Crippen molar-refractivity contribution >= 4 is 68.9 Å². The Morgan fingerprint density at radius 3 is 1.57 bits per heavy atom. The van der Waals surface area contributed by atoms with Crippen LogP contribution >= 0.6 is 12.6 Å². The van der Waals surface area contributed by atoms with E-state index in [1.54, 1.807) is 0 Å². The smallest absolute Gasteiger partial charge is 0.306 e. The van der Waals surface area contributed by atoms with Crippen molar-refractivity contribution < 1.29 is 28.6 Å². The molecule has 0 atom stereocenters. The van der Waals surface area contributed by atoms with Crippen LogP contribution in [0.1, 0.15) is 19.3 Å². The van der Waals surface area contributed by atoms with E-state index in [0.717, 1.165) is 0 Å². The van der Waals surface area contributed by atoms with Crippen LogP contribution in [0.15, 0.2) is 0 Å². The van der Waals surface area contributed by atoms with E-state index >= 15 is 0 Å². The van der Waals surface area contributed by atoms with E-state index in [2.05, 4.69) is 26.8 Å². The SMILES string of the molecule is COC(=O)CCS.COC(=O)CCS(CCC(=O)OC)=S=S=S. The molecule has 0 aromatic carbocycles. The summed E-state index contributed by atoms with van der Waals surface area (Å²) in [5.74, 6) is 1.29. The number of carbonyl (C=O) groups excluding carboxylic acids is 3. The highest BCUT2D eigenvalue weighted by Gasteiger charge is 2.06. The molecule has 0 saturated carbocycles. The molecule has 0 aliphatic rings. The standard InChI is InChI=1S/C8H14O4S4.C4H8O2S/c1-11-7(9)3-5-16(15-14-13)6-4-8(10)12-2;1-6-4(5)2-3-7/h3-6H2,1-2H3;7H,2-3H2,1H3. The number of hydrogen-bond donors (Lipinski definition) is 1. The molecule has 0 amide bonds. The molecule has 0 aliphatic carbocycles. The fourth-order valence-corrected chi connectivity index (χ4v) is 7.59. The molecule has 0 bridgehead atoms. The number of rotatable bonds is 8. The third-order valence-corrected chi connectivity index (χ3v) is 9.46. The van der Waals surface area contributed by atoms with E-state index in [0.29, 0.717) is 36.5 Å². The third kappa shape index (κ3) is 18.0. The quantitative estimate of drug-likeness (QED) is 0.350. The van der Waals surface area contributed by atoms with E-state index in [1.807, 2.05) is 0 Å². The molecule has 0 spiro atoms. The van der Waals surface area contributed by atoms with Gasteiger partial charge in [0.05, 0.1) is 40.6 Å². The van der Waals surface area contributed by atoms with Crippen LogP contribution in [-0.2, 0) is 67.0 Å². The Kier molecular flexibility index (Phi) is 19.7. The number of methoxy groups -OCH3 is 3. The summed E-state index contributed by atoms with van der Waals surface area (Å²) in [7, 11) is 6.76. The molecule has 0 aromatic heterocycles. The van der Waals surface area contributed by atoms with Crippen LogP contribution in [0.2, 0.25) is 0 Å². The van der Waals surface area contributed by atoms with Gasteiger partial charge < -0.3 is 14.2 Å². The van der Waals surface area contributed by atoms with Gasteiger partial charge in [0, 0.05) is 17.3 Å². The van der Waals surface area contributed by atoms with Gasteiger partial charge in [0.2, 0.25) is 0 Å². The van der Waals surface area contributed by atoms with Gasteiger partial charge >= 0.3 is 17.9 Å². The second-order valence-corrected chi connectivity index (χ2v) is 10.8. The minimum absolute atomic E-state index is 0.0951. The minimum Gasteiger partial charge on any atom is -0.469 e. The van der Waals surface area contributed by atoms with Gasteiger partial charge in [-0.25, -0.2) is 0 Å². The minimum atomic E-state index is -0.231. The van der Waals surface area contributed by atoms with Crippen molar-refractivity contribution in [3.8, 4) is 0 Å². The van der Waals surface area contributed by atoms with Gasteiger partial charge in [0.15, 0.2) is 0 Å². The summed E-state index contributed by atoms with van der Waals surface area (Å²) in [6, 6.07) is 0. The predicted molar refractivity (Wildman–Crippen MR) is 103 cm³/mol. The molecule has 6 nitrogen and oxygen atoms in total. The molecule has 0 rings (SSSR count). The Morgan fingerprint density at radius 2 is 1.30 bits per heavy atom. The van der Waals surface area contributed by atoms with Crippen molar-refractivity contribution in [2.24, 2.45) is 0 Å². The van der Waals surface area contributed by atoms with Crippen molar-refractivity contribution in [1.82, 2.24) is 0 Å². The summed E-state index contributed by atoms with van der Waals surface area (Å²) in [5, 5.41) is 0. The molecule has 0 aliphatic heterocycles. The summed E-state index contributed by atoms with van der Waals surface area (Å²) >= 11 is 8.61. The van der Waals surface area contributed by atoms with Crippen molar-refractivity contribution in [3.63, 3.8) is 0 Å². The third-order valence-electron chi connectivity index (χ3n) is 2.19. The summed E-state index contributed by atoms with van der Waals surface area (Å²) in [6.45, 7) is 0. The van der Waals surface area contributed by atoms with Crippen molar-refractivity contribution in [2.75, 3.05) is 38.6 Å². The van der Waals surface area contributed by atoms with Crippen molar-refractivity contribution in [2.45, 2.75) is 19.3 Å². The van der Waals surface area contributed by atoms with Crippen LogP contribution in [0.3, 0.4) is 0 Å². The van der Waals surface area contributed by atoms with E-state index in [9.17, 15) is 14.4 Å². The average Bonchev–Trinajstić information content (AvgIpc) is 2.57. The van der Waals surface area contributed by atoms with Crippen molar-refractivity contribution in [1.29, 1.82) is 0 Å². The van der Waals surface area contributed by atoms with Crippen LogP contribution in [0, 0.1) is 0 Å². The van der Waals surface area contributed by atoms with Crippen LogP contribution in [0.25, 0.3) is 0 Å².